The zero-order valence-corrected chi connectivity index (χ0v) is 7.64. The molecule has 0 bridgehead atoms. The van der Waals surface area contributed by atoms with E-state index >= 15 is 0 Å². The number of pyridine rings is 1. The molecule has 0 aliphatic rings. The Morgan fingerprint density at radius 2 is 2.40 bits per heavy atom. The minimum absolute atomic E-state index is 0.215. The Balaban J connectivity index is 3.04. The first-order valence-electron chi connectivity index (χ1n) is 4.05. The smallest absolute Gasteiger partial charge is 0.323 e. The molecule has 0 spiro atoms. The third-order valence-electron chi connectivity index (χ3n) is 1.62. The lowest BCUT2D eigenvalue weighted by atomic mass is 10.2. The highest BCUT2D eigenvalue weighted by molar-refractivity contribution is 5.51. The van der Waals surface area contributed by atoms with Crippen LogP contribution in [0.15, 0.2) is 23.1 Å². The SMILES string of the molecule is N#CCC=Cc1c[nH]c(=O)c([N+](=O)[O-])c1. The van der Waals surface area contributed by atoms with E-state index in [-0.39, 0.29) is 6.42 Å². The van der Waals surface area contributed by atoms with Crippen LogP contribution in [0.5, 0.6) is 0 Å². The average Bonchev–Trinajstić information content (AvgIpc) is 2.20. The zero-order valence-electron chi connectivity index (χ0n) is 7.64. The Hall–Kier alpha value is -2.42. The maximum absolute atomic E-state index is 11.0. The van der Waals surface area contributed by atoms with Gasteiger partial charge in [0.2, 0.25) is 0 Å². The standard InChI is InChI=1S/C9H7N3O3/c10-4-2-1-3-7-5-8(12(14)15)9(13)11-6-7/h1,3,5-6H,2H2,(H,11,13). The van der Waals surface area contributed by atoms with Gasteiger partial charge in [-0.15, -0.1) is 0 Å². The summed E-state index contributed by atoms with van der Waals surface area (Å²) in [7, 11) is 0. The molecule has 1 heterocycles. The molecule has 0 aliphatic carbocycles. The molecule has 6 heteroatoms. The second kappa shape index (κ2) is 4.72. The third kappa shape index (κ3) is 2.77. The number of nitrogens with one attached hydrogen (secondary N) is 1. The number of nitrogens with zero attached hydrogens (tertiary/aromatic N) is 2. The normalized spacial score (nSPS) is 10.1. The minimum atomic E-state index is -0.750. The number of allylic oxidation sites excluding steroid dienone is 1. The van der Waals surface area contributed by atoms with E-state index in [2.05, 4.69) is 4.98 Å². The van der Waals surface area contributed by atoms with E-state index in [1.54, 1.807) is 6.08 Å². The van der Waals surface area contributed by atoms with E-state index in [1.807, 2.05) is 6.07 Å². The van der Waals surface area contributed by atoms with E-state index in [4.69, 9.17) is 5.26 Å². The molecule has 1 aromatic rings. The lowest BCUT2D eigenvalue weighted by Crippen LogP contribution is -2.10. The van der Waals surface area contributed by atoms with Gasteiger partial charge in [-0.1, -0.05) is 12.2 Å². The van der Waals surface area contributed by atoms with Gasteiger partial charge in [-0.25, -0.2) is 0 Å². The number of hydrogen-bond acceptors (Lipinski definition) is 4. The van der Waals surface area contributed by atoms with Gasteiger partial charge in [0.1, 0.15) is 0 Å². The van der Waals surface area contributed by atoms with E-state index < -0.39 is 16.2 Å². The molecule has 0 unspecified atom stereocenters. The Kier molecular flexibility index (Phi) is 3.35. The molecule has 15 heavy (non-hydrogen) atoms. The van der Waals surface area contributed by atoms with Crippen molar-refractivity contribution < 1.29 is 4.92 Å². The summed E-state index contributed by atoms with van der Waals surface area (Å²) < 4.78 is 0. The molecule has 0 aliphatic heterocycles. The molecule has 76 valence electrons. The zero-order chi connectivity index (χ0) is 11.3. The van der Waals surface area contributed by atoms with Gasteiger partial charge >= 0.3 is 11.2 Å². The summed E-state index contributed by atoms with van der Waals surface area (Å²) in [5, 5.41) is 18.7. The first-order valence-corrected chi connectivity index (χ1v) is 4.05. The molecular formula is C9H7N3O3. The number of aromatic nitrogens is 1. The van der Waals surface area contributed by atoms with E-state index in [0.717, 1.165) is 6.07 Å². The maximum Gasteiger partial charge on any atom is 0.334 e. The number of nitro groups is 1. The quantitative estimate of drug-likeness (QED) is 0.591. The van der Waals surface area contributed by atoms with Crippen molar-refractivity contribution in [2.45, 2.75) is 6.42 Å². The Bertz CT molecular complexity index is 496. The number of H-pyrrole nitrogens is 1. The van der Waals surface area contributed by atoms with Crippen LogP contribution in [0.4, 0.5) is 5.69 Å². The number of nitriles is 1. The molecule has 0 fully saturated rings. The fraction of sp³-hybridized carbons (Fsp3) is 0.111. The van der Waals surface area contributed by atoms with Crippen molar-refractivity contribution in [3.05, 3.63) is 44.4 Å². The highest BCUT2D eigenvalue weighted by atomic mass is 16.6. The molecule has 1 N–H and O–H groups in total. The second-order valence-corrected chi connectivity index (χ2v) is 2.67. The Labute approximate surface area is 84.6 Å². The van der Waals surface area contributed by atoms with Crippen molar-refractivity contribution in [1.82, 2.24) is 4.98 Å². The fourth-order valence-corrected chi connectivity index (χ4v) is 0.967. The van der Waals surface area contributed by atoms with Crippen LogP contribution in [-0.2, 0) is 0 Å². The molecule has 0 aromatic carbocycles. The molecule has 0 atom stereocenters. The highest BCUT2D eigenvalue weighted by Gasteiger charge is 2.11. The Morgan fingerprint density at radius 3 is 3.00 bits per heavy atom. The van der Waals surface area contributed by atoms with Gasteiger partial charge in [0.05, 0.1) is 17.4 Å². The topological polar surface area (TPSA) is 99.8 Å². The van der Waals surface area contributed by atoms with Crippen molar-refractivity contribution in [1.29, 1.82) is 5.26 Å². The van der Waals surface area contributed by atoms with Crippen molar-refractivity contribution in [3.8, 4) is 6.07 Å². The summed E-state index contributed by atoms with van der Waals surface area (Å²) in [4.78, 5) is 22.9. The van der Waals surface area contributed by atoms with Crippen LogP contribution in [0.2, 0.25) is 0 Å². The molecular weight excluding hydrogens is 198 g/mol. The number of aromatic amines is 1. The summed E-state index contributed by atoms with van der Waals surface area (Å²) in [6, 6.07) is 3.05. The van der Waals surface area contributed by atoms with Crippen LogP contribution in [-0.4, -0.2) is 9.91 Å². The molecule has 0 saturated heterocycles. The van der Waals surface area contributed by atoms with Gasteiger partial charge in [0.25, 0.3) is 0 Å². The van der Waals surface area contributed by atoms with E-state index in [0.29, 0.717) is 5.56 Å². The molecule has 0 amide bonds. The first kappa shape index (κ1) is 10.7. The maximum atomic E-state index is 11.0. The van der Waals surface area contributed by atoms with Gasteiger partial charge < -0.3 is 4.98 Å². The van der Waals surface area contributed by atoms with E-state index in [1.165, 1.54) is 12.3 Å². The van der Waals surface area contributed by atoms with Gasteiger partial charge in [-0.05, 0) is 5.56 Å². The van der Waals surface area contributed by atoms with Crippen LogP contribution in [0.25, 0.3) is 6.08 Å². The monoisotopic (exact) mass is 205 g/mol. The van der Waals surface area contributed by atoms with Crippen LogP contribution in [0, 0.1) is 21.4 Å². The molecule has 0 saturated carbocycles. The van der Waals surface area contributed by atoms with Crippen LogP contribution < -0.4 is 5.56 Å². The molecule has 1 rings (SSSR count). The van der Waals surface area contributed by atoms with Crippen molar-refractivity contribution in [2.75, 3.05) is 0 Å². The highest BCUT2D eigenvalue weighted by Crippen LogP contribution is 2.07. The predicted molar refractivity (Wildman–Crippen MR) is 53.0 cm³/mol. The summed E-state index contributed by atoms with van der Waals surface area (Å²) in [5.41, 5.74) is -0.761. The van der Waals surface area contributed by atoms with Gasteiger partial charge in [0.15, 0.2) is 0 Å². The van der Waals surface area contributed by atoms with Gasteiger partial charge in [-0.3, -0.25) is 14.9 Å². The second-order valence-electron chi connectivity index (χ2n) is 2.67. The fourth-order valence-electron chi connectivity index (χ4n) is 0.967. The lowest BCUT2D eigenvalue weighted by molar-refractivity contribution is -0.386. The first-order chi connectivity index (χ1) is 7.15. The molecule has 6 nitrogen and oxygen atoms in total. The average molecular weight is 205 g/mol. The van der Waals surface area contributed by atoms with Crippen molar-refractivity contribution >= 4 is 11.8 Å². The van der Waals surface area contributed by atoms with Crippen LogP contribution in [0.3, 0.4) is 0 Å². The number of rotatable bonds is 3. The summed E-state index contributed by atoms with van der Waals surface area (Å²) in [6.07, 6.45) is 4.65. The van der Waals surface area contributed by atoms with E-state index in [9.17, 15) is 14.9 Å². The predicted octanol–water partition coefficient (Wildman–Crippen LogP) is 1.21. The number of hydrogen-bond donors (Lipinski definition) is 1. The lowest BCUT2D eigenvalue weighted by Gasteiger charge is -1.92. The Morgan fingerprint density at radius 1 is 1.67 bits per heavy atom. The molecule has 0 radical (unpaired) electrons. The van der Waals surface area contributed by atoms with Crippen molar-refractivity contribution in [2.24, 2.45) is 0 Å². The summed E-state index contributed by atoms with van der Waals surface area (Å²) in [6.45, 7) is 0. The van der Waals surface area contributed by atoms with Crippen LogP contribution >= 0.6 is 0 Å². The summed E-state index contributed by atoms with van der Waals surface area (Å²) >= 11 is 0. The van der Waals surface area contributed by atoms with Gasteiger partial charge in [-0.2, -0.15) is 5.26 Å². The minimum Gasteiger partial charge on any atom is -0.323 e. The third-order valence-corrected chi connectivity index (χ3v) is 1.62. The molecule has 1 aromatic heterocycles. The van der Waals surface area contributed by atoms with Crippen molar-refractivity contribution in [3.63, 3.8) is 0 Å². The summed E-state index contributed by atoms with van der Waals surface area (Å²) in [5.74, 6) is 0. The van der Waals surface area contributed by atoms with Gasteiger partial charge in [0, 0.05) is 12.3 Å². The largest absolute Gasteiger partial charge is 0.334 e. The van der Waals surface area contributed by atoms with Crippen LogP contribution in [0.1, 0.15) is 12.0 Å².